The first-order valence-electron chi connectivity index (χ1n) is 18.0. The maximum absolute atomic E-state index is 14.2. The monoisotopic (exact) mass is 787 g/mol. The Morgan fingerprint density at radius 2 is 1.87 bits per heavy atom. The van der Waals surface area contributed by atoms with Crippen molar-refractivity contribution in [2.45, 2.75) is 102 Å². The molecular weight excluding hydrogens is 741 g/mol. The summed E-state index contributed by atoms with van der Waals surface area (Å²) in [6.07, 6.45) is 5.66. The maximum Gasteiger partial charge on any atom is 0.355 e. The molecule has 292 valence electrons. The summed E-state index contributed by atoms with van der Waals surface area (Å²) >= 11 is 0. The average molecular weight is 789 g/mol. The Labute approximate surface area is 324 Å². The normalized spacial score (nSPS) is 17.3. The molecule has 1 amide bonds. The van der Waals surface area contributed by atoms with Crippen molar-refractivity contribution >= 4 is 77.2 Å². The van der Waals surface area contributed by atoms with Crippen LogP contribution in [0.15, 0.2) is 34.1 Å². The number of halogens is 2. The highest BCUT2D eigenvalue weighted by Crippen LogP contribution is 2.47. The minimum Gasteiger partial charge on any atom is -0.480 e. The number of carbonyl (C=O) groups excluding carboxylic acids is 3. The molecule has 6 N–H and O–H groups in total. The van der Waals surface area contributed by atoms with Gasteiger partial charge in [-0.05, 0) is 56.8 Å². The van der Waals surface area contributed by atoms with Gasteiger partial charge < -0.3 is 40.8 Å². The number of benzene rings is 1. The molecule has 17 heteroatoms. The number of amides is 1. The van der Waals surface area contributed by atoms with Gasteiger partial charge >= 0.3 is 17.9 Å². The van der Waals surface area contributed by atoms with E-state index in [4.69, 9.17) is 30.9 Å². The fourth-order valence-corrected chi connectivity index (χ4v) is 7.24. The van der Waals surface area contributed by atoms with Crippen LogP contribution in [0.4, 0.5) is 11.4 Å². The minimum absolute atomic E-state index is 0. The third-order valence-electron chi connectivity index (χ3n) is 10.1. The SMILES string of the molecule is CCCCCN1C=Nc2cccc3nc4c(c1c23)Cn1c-4cc2c(c1=O)COC(=O)[C@@]2(CC)OC(=O)CC[C@H](NC(=O)[C@@H](N)CCCCN)C(=O)O.Cl.Cl. The number of ether oxygens (including phenoxy) is 2. The molecule has 0 bridgehead atoms. The number of rotatable bonds is 16. The van der Waals surface area contributed by atoms with Gasteiger partial charge in [-0.3, -0.25) is 14.4 Å². The fourth-order valence-electron chi connectivity index (χ4n) is 7.24. The highest BCUT2D eigenvalue weighted by molar-refractivity contribution is 6.11. The molecule has 3 aromatic rings. The van der Waals surface area contributed by atoms with Crippen LogP contribution in [0.2, 0.25) is 0 Å². The molecule has 1 aromatic carbocycles. The lowest BCUT2D eigenvalue weighted by Crippen LogP contribution is -2.49. The number of unbranched alkanes of at least 4 members (excludes halogenated alkanes) is 3. The van der Waals surface area contributed by atoms with Crippen LogP contribution < -0.4 is 27.2 Å². The number of aliphatic carboxylic acids is 1. The van der Waals surface area contributed by atoms with E-state index in [1.807, 2.05) is 24.5 Å². The van der Waals surface area contributed by atoms with E-state index < -0.39 is 47.9 Å². The van der Waals surface area contributed by atoms with Crippen molar-refractivity contribution in [3.63, 3.8) is 0 Å². The van der Waals surface area contributed by atoms with E-state index in [0.29, 0.717) is 42.7 Å². The number of anilines is 1. The molecule has 2 aromatic heterocycles. The molecular formula is C37H47Cl2N7O8. The van der Waals surface area contributed by atoms with Crippen molar-refractivity contribution in [2.75, 3.05) is 18.0 Å². The second-order valence-electron chi connectivity index (χ2n) is 13.5. The molecule has 0 unspecified atom stereocenters. The number of hydrogen-bond donors (Lipinski definition) is 4. The molecule has 0 saturated carbocycles. The standard InChI is InChI=1S/C37H45N7O8.2ClH/c1-3-5-8-16-43-20-40-25-11-9-12-26-30(25)32(43)21-18-44-28(31(21)41-26)17-23-22(34(44)47)19-51-36(50)37(23,4-2)52-29(45)14-13-27(35(48)49)42-33(46)24(39)10-6-7-15-38;;/h9,11-12,17,20,24,27H,3-8,10,13-16,18-19,38-39H2,1-2H3,(H,42,46)(H,48,49);2*1H/t24-,27-,37-;;/m0../s1. The average Bonchev–Trinajstić information content (AvgIpc) is 3.50. The van der Waals surface area contributed by atoms with Crippen molar-refractivity contribution in [1.82, 2.24) is 14.9 Å². The van der Waals surface area contributed by atoms with Crippen molar-refractivity contribution in [3.05, 3.63) is 51.3 Å². The minimum atomic E-state index is -1.97. The number of aliphatic imine (C=N–C) groups is 1. The lowest BCUT2D eigenvalue weighted by molar-refractivity contribution is -0.189. The van der Waals surface area contributed by atoms with Crippen LogP contribution >= 0.6 is 24.8 Å². The first-order chi connectivity index (χ1) is 25.0. The van der Waals surface area contributed by atoms with E-state index in [9.17, 15) is 29.1 Å². The van der Waals surface area contributed by atoms with Crippen LogP contribution in [0.5, 0.6) is 0 Å². The van der Waals surface area contributed by atoms with Crippen LogP contribution in [0.3, 0.4) is 0 Å². The number of nitrogens with two attached hydrogens (primary N) is 2. The molecule has 0 spiro atoms. The molecule has 0 saturated heterocycles. The molecule has 6 rings (SSSR count). The largest absolute Gasteiger partial charge is 0.480 e. The van der Waals surface area contributed by atoms with Crippen LogP contribution in [0.25, 0.3) is 22.3 Å². The summed E-state index contributed by atoms with van der Waals surface area (Å²) < 4.78 is 13.0. The second kappa shape index (κ2) is 17.7. The third-order valence-corrected chi connectivity index (χ3v) is 10.1. The smallest absolute Gasteiger partial charge is 0.355 e. The quantitative estimate of drug-likeness (QED) is 0.0937. The number of carboxylic acids is 1. The third kappa shape index (κ3) is 7.81. The number of hydrogen-bond acceptors (Lipinski definition) is 12. The zero-order chi connectivity index (χ0) is 37.2. The molecule has 3 atom stereocenters. The Morgan fingerprint density at radius 1 is 1.09 bits per heavy atom. The predicted octanol–water partition coefficient (Wildman–Crippen LogP) is 3.95. The van der Waals surface area contributed by atoms with Crippen molar-refractivity contribution in [1.29, 1.82) is 0 Å². The summed E-state index contributed by atoms with van der Waals surface area (Å²) in [7, 11) is 0. The highest BCUT2D eigenvalue weighted by Gasteiger charge is 2.50. The summed E-state index contributed by atoms with van der Waals surface area (Å²) in [5, 5.41) is 13.1. The summed E-state index contributed by atoms with van der Waals surface area (Å²) in [5.74, 6) is -3.75. The van der Waals surface area contributed by atoms with Gasteiger partial charge in [0.2, 0.25) is 11.5 Å². The van der Waals surface area contributed by atoms with Gasteiger partial charge in [-0.2, -0.15) is 0 Å². The number of cyclic esters (lactones) is 1. The van der Waals surface area contributed by atoms with Gasteiger partial charge in [-0.1, -0.05) is 39.2 Å². The number of nitrogens with zero attached hydrogens (tertiary/aromatic N) is 4. The van der Waals surface area contributed by atoms with Crippen molar-refractivity contribution in [2.24, 2.45) is 16.5 Å². The Morgan fingerprint density at radius 3 is 2.57 bits per heavy atom. The number of fused-ring (bicyclic) bond motifs is 5. The van der Waals surface area contributed by atoms with Gasteiger partial charge in [0, 0.05) is 24.1 Å². The molecule has 5 heterocycles. The Bertz CT molecular complexity index is 2020. The molecule has 15 nitrogen and oxygen atoms in total. The lowest BCUT2D eigenvalue weighted by Gasteiger charge is -2.35. The van der Waals surface area contributed by atoms with E-state index in [0.717, 1.165) is 48.1 Å². The summed E-state index contributed by atoms with van der Waals surface area (Å²) in [6, 6.07) is 5.06. The van der Waals surface area contributed by atoms with Gasteiger partial charge in [-0.25, -0.2) is 19.6 Å². The number of esters is 2. The van der Waals surface area contributed by atoms with Gasteiger partial charge in [0.05, 0.1) is 58.2 Å². The van der Waals surface area contributed by atoms with Gasteiger partial charge in [0.25, 0.3) is 5.56 Å². The molecule has 3 aliphatic rings. The number of nitrogens with one attached hydrogen (secondary N) is 1. The van der Waals surface area contributed by atoms with E-state index in [1.165, 1.54) is 0 Å². The van der Waals surface area contributed by atoms with Crippen LogP contribution in [-0.2, 0) is 47.4 Å². The van der Waals surface area contributed by atoms with Gasteiger partial charge in [0.15, 0.2) is 0 Å². The number of aromatic nitrogens is 2. The first kappa shape index (κ1) is 42.2. The molecule has 3 aliphatic heterocycles. The van der Waals surface area contributed by atoms with Crippen LogP contribution in [0, 0.1) is 0 Å². The van der Waals surface area contributed by atoms with E-state index in [2.05, 4.69) is 17.1 Å². The molecule has 0 aliphatic carbocycles. The number of pyridine rings is 2. The fraction of sp³-hybridized carbons (Fsp3) is 0.486. The molecule has 0 radical (unpaired) electrons. The van der Waals surface area contributed by atoms with E-state index in [-0.39, 0.29) is 67.5 Å². The second-order valence-corrected chi connectivity index (χ2v) is 13.5. The summed E-state index contributed by atoms with van der Waals surface area (Å²) in [4.78, 5) is 77.5. The lowest BCUT2D eigenvalue weighted by atomic mass is 9.85. The summed E-state index contributed by atoms with van der Waals surface area (Å²) in [5.41, 5.74) is 13.8. The van der Waals surface area contributed by atoms with Crippen molar-refractivity contribution in [3.8, 4) is 11.4 Å². The number of carboxylic acid groups (broad SMARTS) is 1. The van der Waals surface area contributed by atoms with Crippen molar-refractivity contribution < 1.29 is 33.8 Å². The van der Waals surface area contributed by atoms with Crippen LogP contribution in [0.1, 0.15) is 88.3 Å². The van der Waals surface area contributed by atoms with Gasteiger partial charge in [0.1, 0.15) is 12.6 Å². The summed E-state index contributed by atoms with van der Waals surface area (Å²) in [6.45, 7) is 4.91. The predicted molar refractivity (Wildman–Crippen MR) is 208 cm³/mol. The molecule has 54 heavy (non-hydrogen) atoms. The Hall–Kier alpha value is -4.57. The van der Waals surface area contributed by atoms with Gasteiger partial charge in [-0.15, -0.1) is 24.8 Å². The number of carbonyl (C=O) groups is 4. The van der Waals surface area contributed by atoms with Crippen LogP contribution in [-0.4, -0.2) is 70.0 Å². The van der Waals surface area contributed by atoms with E-state index in [1.54, 1.807) is 17.6 Å². The topological polar surface area (TPSA) is 222 Å². The molecule has 0 fully saturated rings. The zero-order valence-electron chi connectivity index (χ0n) is 30.3. The highest BCUT2D eigenvalue weighted by atomic mass is 35.5. The Balaban J connectivity index is 0.00000325. The zero-order valence-corrected chi connectivity index (χ0v) is 31.9. The first-order valence-corrected chi connectivity index (χ1v) is 18.0. The maximum atomic E-state index is 14.2. The van der Waals surface area contributed by atoms with E-state index >= 15 is 0 Å². The Kier molecular flexibility index (Phi) is 13.8.